The number of aromatic amines is 1. The number of amides is 1. The van der Waals surface area contributed by atoms with E-state index >= 15 is 0 Å². The van der Waals surface area contributed by atoms with Gasteiger partial charge in [-0.1, -0.05) is 23.4 Å². The van der Waals surface area contributed by atoms with Gasteiger partial charge in [0.2, 0.25) is 0 Å². The van der Waals surface area contributed by atoms with Crippen LogP contribution >= 0.6 is 0 Å². The second kappa shape index (κ2) is 7.39. The molecule has 4 rings (SSSR count). The van der Waals surface area contributed by atoms with Crippen LogP contribution in [0.4, 0.5) is 0 Å². The smallest absolute Gasteiger partial charge is 0.438 e. The standard InChI is InChI=1S/C19H17N5O4/c1-23(11-16-21-19(26)28-22-16)18(25)14-6-2-3-7-15(14)27-12-13-10-24-9-5-4-8-17(24)20-13/h2-10H,11-12H2,1H3,(H,21,22,26). The Bertz CT molecular complexity index is 1140. The Morgan fingerprint density at radius 1 is 1.25 bits per heavy atom. The first-order chi connectivity index (χ1) is 13.6. The molecule has 1 aromatic carbocycles. The number of rotatable bonds is 6. The fourth-order valence-corrected chi connectivity index (χ4v) is 2.81. The van der Waals surface area contributed by atoms with E-state index in [1.807, 2.05) is 35.0 Å². The van der Waals surface area contributed by atoms with E-state index in [1.165, 1.54) is 4.90 Å². The zero-order chi connectivity index (χ0) is 19.5. The molecule has 1 N–H and O–H groups in total. The van der Waals surface area contributed by atoms with Crippen molar-refractivity contribution in [2.24, 2.45) is 0 Å². The number of fused-ring (bicyclic) bond motifs is 1. The molecule has 0 bridgehead atoms. The van der Waals surface area contributed by atoms with Gasteiger partial charge in [0.1, 0.15) is 18.0 Å². The molecule has 3 heterocycles. The molecule has 0 radical (unpaired) electrons. The summed E-state index contributed by atoms with van der Waals surface area (Å²) in [4.78, 5) is 32.2. The molecule has 0 aliphatic rings. The van der Waals surface area contributed by atoms with E-state index in [-0.39, 0.29) is 24.9 Å². The predicted octanol–water partition coefficient (Wildman–Crippen LogP) is 1.86. The maximum absolute atomic E-state index is 12.8. The fraction of sp³-hybridized carbons (Fsp3) is 0.158. The summed E-state index contributed by atoms with van der Waals surface area (Å²) in [6.07, 6.45) is 3.79. The van der Waals surface area contributed by atoms with Gasteiger partial charge in [-0.3, -0.25) is 14.3 Å². The number of carbonyl (C=O) groups is 1. The van der Waals surface area contributed by atoms with Gasteiger partial charge in [0.15, 0.2) is 5.82 Å². The van der Waals surface area contributed by atoms with Crippen molar-refractivity contribution in [3.63, 3.8) is 0 Å². The van der Waals surface area contributed by atoms with Gasteiger partial charge >= 0.3 is 5.76 Å². The highest BCUT2D eigenvalue weighted by Gasteiger charge is 2.18. The lowest BCUT2D eigenvalue weighted by molar-refractivity contribution is 0.0775. The highest BCUT2D eigenvalue weighted by molar-refractivity contribution is 5.96. The predicted molar refractivity (Wildman–Crippen MR) is 98.9 cm³/mol. The Labute approximate surface area is 159 Å². The molecule has 0 saturated heterocycles. The summed E-state index contributed by atoms with van der Waals surface area (Å²) in [7, 11) is 1.61. The number of benzene rings is 1. The van der Waals surface area contributed by atoms with Crippen LogP contribution in [0.15, 0.2) is 64.2 Å². The molecule has 142 valence electrons. The van der Waals surface area contributed by atoms with E-state index < -0.39 is 5.76 Å². The van der Waals surface area contributed by atoms with Gasteiger partial charge in [0, 0.05) is 19.4 Å². The molecule has 4 aromatic rings. The van der Waals surface area contributed by atoms with Crippen molar-refractivity contribution in [1.29, 1.82) is 0 Å². The summed E-state index contributed by atoms with van der Waals surface area (Å²) in [5, 5.41) is 3.57. The Morgan fingerprint density at radius 2 is 2.07 bits per heavy atom. The number of aromatic nitrogens is 4. The average Bonchev–Trinajstić information content (AvgIpc) is 3.31. The molecule has 0 spiro atoms. The van der Waals surface area contributed by atoms with Crippen molar-refractivity contribution in [2.45, 2.75) is 13.2 Å². The SMILES string of the molecule is CN(Cc1noc(=O)[nH]1)C(=O)c1ccccc1OCc1cn2ccccc2n1. The van der Waals surface area contributed by atoms with Crippen molar-refractivity contribution >= 4 is 11.6 Å². The van der Waals surface area contributed by atoms with Crippen molar-refractivity contribution in [1.82, 2.24) is 24.4 Å². The Hall–Kier alpha value is -3.88. The van der Waals surface area contributed by atoms with E-state index in [1.54, 1.807) is 31.3 Å². The van der Waals surface area contributed by atoms with E-state index in [9.17, 15) is 9.59 Å². The molecular weight excluding hydrogens is 362 g/mol. The quantitative estimate of drug-likeness (QED) is 0.548. The first-order valence-corrected chi connectivity index (χ1v) is 8.55. The van der Waals surface area contributed by atoms with Gasteiger partial charge in [-0.05, 0) is 24.3 Å². The lowest BCUT2D eigenvalue weighted by Gasteiger charge is -2.17. The molecule has 9 heteroatoms. The number of carbonyl (C=O) groups excluding carboxylic acids is 1. The third-order valence-electron chi connectivity index (χ3n) is 4.13. The number of para-hydroxylation sites is 1. The lowest BCUT2D eigenvalue weighted by Crippen LogP contribution is -2.27. The first kappa shape index (κ1) is 17.5. The maximum atomic E-state index is 12.8. The van der Waals surface area contributed by atoms with Crippen molar-refractivity contribution in [2.75, 3.05) is 7.05 Å². The normalized spacial score (nSPS) is 10.9. The zero-order valence-electron chi connectivity index (χ0n) is 15.0. The van der Waals surface area contributed by atoms with Gasteiger partial charge in [-0.2, -0.15) is 0 Å². The number of hydrogen-bond donors (Lipinski definition) is 1. The molecule has 1 amide bonds. The van der Waals surface area contributed by atoms with Crippen molar-refractivity contribution in [3.8, 4) is 5.75 Å². The van der Waals surface area contributed by atoms with Crippen LogP contribution < -0.4 is 10.5 Å². The monoisotopic (exact) mass is 379 g/mol. The maximum Gasteiger partial charge on any atom is 0.438 e. The number of pyridine rings is 1. The Balaban J connectivity index is 1.49. The third kappa shape index (κ3) is 3.63. The number of nitrogens with one attached hydrogen (secondary N) is 1. The van der Waals surface area contributed by atoms with Gasteiger partial charge in [-0.15, -0.1) is 0 Å². The second-order valence-electron chi connectivity index (χ2n) is 6.19. The molecule has 0 atom stereocenters. The highest BCUT2D eigenvalue weighted by Crippen LogP contribution is 2.21. The van der Waals surface area contributed by atoms with Crippen LogP contribution in [0.3, 0.4) is 0 Å². The van der Waals surface area contributed by atoms with E-state index in [4.69, 9.17) is 4.74 Å². The van der Waals surface area contributed by atoms with Crippen LogP contribution in [0, 0.1) is 0 Å². The van der Waals surface area contributed by atoms with Crippen LogP contribution in [0.5, 0.6) is 5.75 Å². The summed E-state index contributed by atoms with van der Waals surface area (Å²) in [6.45, 7) is 0.331. The van der Waals surface area contributed by atoms with Gasteiger partial charge in [0.25, 0.3) is 5.91 Å². The molecular formula is C19H17N5O4. The van der Waals surface area contributed by atoms with Crippen LogP contribution in [0.1, 0.15) is 21.9 Å². The molecule has 0 fully saturated rings. The van der Waals surface area contributed by atoms with E-state index in [0.717, 1.165) is 11.3 Å². The second-order valence-corrected chi connectivity index (χ2v) is 6.19. The summed E-state index contributed by atoms with van der Waals surface area (Å²) in [5.41, 5.74) is 1.98. The molecule has 3 aromatic heterocycles. The molecule has 0 saturated carbocycles. The molecule has 0 unspecified atom stereocenters. The van der Waals surface area contributed by atoms with Gasteiger partial charge in [-0.25, -0.2) is 9.78 Å². The van der Waals surface area contributed by atoms with Gasteiger partial charge < -0.3 is 14.0 Å². The van der Waals surface area contributed by atoms with Crippen molar-refractivity contribution < 1.29 is 14.1 Å². The van der Waals surface area contributed by atoms with E-state index in [2.05, 4.69) is 19.6 Å². The minimum atomic E-state index is -0.660. The minimum Gasteiger partial charge on any atom is -0.486 e. The van der Waals surface area contributed by atoms with E-state index in [0.29, 0.717) is 11.3 Å². The summed E-state index contributed by atoms with van der Waals surface area (Å²) in [5.74, 6) is -0.213. The van der Waals surface area contributed by atoms with Crippen LogP contribution in [0.2, 0.25) is 0 Å². The summed E-state index contributed by atoms with van der Waals surface area (Å²) < 4.78 is 12.2. The average molecular weight is 379 g/mol. The topological polar surface area (TPSA) is 106 Å². The lowest BCUT2D eigenvalue weighted by atomic mass is 10.1. The number of imidazole rings is 1. The number of H-pyrrole nitrogens is 1. The number of nitrogens with zero attached hydrogens (tertiary/aromatic N) is 4. The summed E-state index contributed by atoms with van der Waals surface area (Å²) >= 11 is 0. The van der Waals surface area contributed by atoms with Gasteiger partial charge in [0.05, 0.1) is 17.8 Å². The molecule has 0 aliphatic carbocycles. The Kier molecular flexibility index (Phi) is 4.63. The minimum absolute atomic E-state index is 0.103. The summed E-state index contributed by atoms with van der Waals surface area (Å²) in [6, 6.07) is 12.7. The molecule has 28 heavy (non-hydrogen) atoms. The molecule has 0 aliphatic heterocycles. The zero-order valence-corrected chi connectivity index (χ0v) is 15.0. The van der Waals surface area contributed by atoms with Crippen LogP contribution in [-0.4, -0.2) is 37.4 Å². The van der Waals surface area contributed by atoms with Crippen LogP contribution in [0.25, 0.3) is 5.65 Å². The third-order valence-corrected chi connectivity index (χ3v) is 4.13. The largest absolute Gasteiger partial charge is 0.486 e. The number of hydrogen-bond acceptors (Lipinski definition) is 6. The Morgan fingerprint density at radius 3 is 2.86 bits per heavy atom. The first-order valence-electron chi connectivity index (χ1n) is 8.55. The molecule has 9 nitrogen and oxygen atoms in total. The highest BCUT2D eigenvalue weighted by atomic mass is 16.5. The fourth-order valence-electron chi connectivity index (χ4n) is 2.81. The van der Waals surface area contributed by atoms with Crippen LogP contribution in [-0.2, 0) is 13.2 Å². The van der Waals surface area contributed by atoms with Crippen molar-refractivity contribution in [3.05, 3.63) is 82.5 Å². The number of ether oxygens (including phenoxy) is 1.